The standard InChI is InChI=1S/C8H4ClFN2/c9-5-1-2-7-6(3-5)8(10)12-4-11-7/h1-4H. The second kappa shape index (κ2) is 2.68. The highest BCUT2D eigenvalue weighted by atomic mass is 35.5. The van der Waals surface area contributed by atoms with Crippen LogP contribution in [0.15, 0.2) is 24.5 Å². The quantitative estimate of drug-likeness (QED) is 0.585. The van der Waals surface area contributed by atoms with Crippen LogP contribution in [0.5, 0.6) is 0 Å². The summed E-state index contributed by atoms with van der Waals surface area (Å²) in [6.07, 6.45) is 1.19. The molecule has 0 saturated carbocycles. The largest absolute Gasteiger partial charge is 0.236 e. The Kier molecular flexibility index (Phi) is 1.66. The summed E-state index contributed by atoms with van der Waals surface area (Å²) in [5.74, 6) is -0.539. The molecule has 1 aromatic heterocycles. The van der Waals surface area contributed by atoms with Crippen molar-refractivity contribution in [3.8, 4) is 0 Å². The molecule has 1 heterocycles. The third-order valence-corrected chi connectivity index (χ3v) is 1.78. The molecule has 0 bridgehead atoms. The maximum Gasteiger partial charge on any atom is 0.223 e. The molecule has 4 heteroatoms. The summed E-state index contributed by atoms with van der Waals surface area (Å²) in [5, 5.41) is 0.834. The van der Waals surface area contributed by atoms with Crippen molar-refractivity contribution in [1.29, 1.82) is 0 Å². The molecule has 0 unspecified atom stereocenters. The monoisotopic (exact) mass is 182 g/mol. The van der Waals surface area contributed by atoms with Crippen molar-refractivity contribution in [3.63, 3.8) is 0 Å². The average Bonchev–Trinajstić information content (AvgIpc) is 2.07. The van der Waals surface area contributed by atoms with E-state index in [0.717, 1.165) is 0 Å². The van der Waals surface area contributed by atoms with E-state index in [9.17, 15) is 4.39 Å². The van der Waals surface area contributed by atoms with Crippen molar-refractivity contribution >= 4 is 22.5 Å². The minimum absolute atomic E-state index is 0.352. The lowest BCUT2D eigenvalue weighted by atomic mass is 10.2. The van der Waals surface area contributed by atoms with Gasteiger partial charge in [-0.2, -0.15) is 4.39 Å². The maximum atomic E-state index is 13.0. The zero-order valence-corrected chi connectivity index (χ0v) is 6.72. The first kappa shape index (κ1) is 7.43. The number of fused-ring (bicyclic) bond motifs is 1. The van der Waals surface area contributed by atoms with Gasteiger partial charge in [0.15, 0.2) is 0 Å². The van der Waals surface area contributed by atoms with Gasteiger partial charge in [-0.1, -0.05) is 11.6 Å². The van der Waals surface area contributed by atoms with Crippen LogP contribution in [-0.2, 0) is 0 Å². The van der Waals surface area contributed by atoms with Gasteiger partial charge in [0.2, 0.25) is 5.95 Å². The lowest BCUT2D eigenvalue weighted by molar-refractivity contribution is 0.593. The zero-order chi connectivity index (χ0) is 8.55. The Labute approximate surface area is 73.0 Å². The molecule has 0 aliphatic carbocycles. The van der Waals surface area contributed by atoms with Crippen molar-refractivity contribution in [1.82, 2.24) is 9.97 Å². The molecule has 0 saturated heterocycles. The molecule has 2 rings (SSSR count). The lowest BCUT2D eigenvalue weighted by Gasteiger charge is -1.96. The van der Waals surface area contributed by atoms with E-state index in [1.807, 2.05) is 0 Å². The minimum Gasteiger partial charge on any atom is -0.236 e. The normalized spacial score (nSPS) is 10.5. The van der Waals surface area contributed by atoms with Crippen molar-refractivity contribution in [2.75, 3.05) is 0 Å². The summed E-state index contributed by atoms with van der Waals surface area (Å²) in [6.45, 7) is 0. The Hall–Kier alpha value is -1.22. The number of hydrogen-bond acceptors (Lipinski definition) is 2. The predicted octanol–water partition coefficient (Wildman–Crippen LogP) is 2.42. The van der Waals surface area contributed by atoms with Gasteiger partial charge in [0.25, 0.3) is 0 Å². The maximum absolute atomic E-state index is 13.0. The highest BCUT2D eigenvalue weighted by Crippen LogP contribution is 2.18. The molecule has 0 aliphatic rings. The van der Waals surface area contributed by atoms with Crippen molar-refractivity contribution in [3.05, 3.63) is 35.5 Å². The first-order chi connectivity index (χ1) is 5.77. The molecule has 12 heavy (non-hydrogen) atoms. The van der Waals surface area contributed by atoms with E-state index in [2.05, 4.69) is 9.97 Å². The molecule has 0 spiro atoms. The van der Waals surface area contributed by atoms with Crippen LogP contribution < -0.4 is 0 Å². The Morgan fingerprint density at radius 1 is 1.25 bits per heavy atom. The number of rotatable bonds is 0. The molecular weight excluding hydrogens is 179 g/mol. The van der Waals surface area contributed by atoms with E-state index in [0.29, 0.717) is 15.9 Å². The number of benzene rings is 1. The summed E-state index contributed by atoms with van der Waals surface area (Å²) in [7, 11) is 0. The van der Waals surface area contributed by atoms with Crippen molar-refractivity contribution in [2.24, 2.45) is 0 Å². The molecule has 0 fully saturated rings. The fourth-order valence-corrected chi connectivity index (χ4v) is 1.17. The molecule has 0 aliphatic heterocycles. The Balaban J connectivity index is 2.88. The SMILES string of the molecule is Fc1ncnc2ccc(Cl)cc12. The van der Waals surface area contributed by atoms with Crippen LogP contribution in [0.25, 0.3) is 10.9 Å². The average molecular weight is 183 g/mol. The van der Waals surface area contributed by atoms with Gasteiger partial charge < -0.3 is 0 Å². The summed E-state index contributed by atoms with van der Waals surface area (Å²) >= 11 is 5.67. The number of hydrogen-bond donors (Lipinski definition) is 0. The molecular formula is C8H4ClFN2. The second-order valence-electron chi connectivity index (χ2n) is 2.33. The Morgan fingerprint density at radius 3 is 2.92 bits per heavy atom. The topological polar surface area (TPSA) is 25.8 Å². The fourth-order valence-electron chi connectivity index (χ4n) is 0.997. The molecule has 0 amide bonds. The van der Waals surface area contributed by atoms with Crippen LogP contribution in [0.2, 0.25) is 5.02 Å². The molecule has 1 aromatic carbocycles. The third kappa shape index (κ3) is 1.12. The smallest absolute Gasteiger partial charge is 0.223 e. The summed E-state index contributed by atoms with van der Waals surface area (Å²) in [4.78, 5) is 7.29. The van der Waals surface area contributed by atoms with Crippen LogP contribution in [0.4, 0.5) is 4.39 Å². The Bertz CT molecular complexity index is 430. The number of aromatic nitrogens is 2. The van der Waals surface area contributed by atoms with Crippen LogP contribution in [0.3, 0.4) is 0 Å². The lowest BCUT2D eigenvalue weighted by Crippen LogP contribution is -1.87. The van der Waals surface area contributed by atoms with Gasteiger partial charge in [-0.3, -0.25) is 0 Å². The van der Waals surface area contributed by atoms with Crippen LogP contribution in [-0.4, -0.2) is 9.97 Å². The van der Waals surface area contributed by atoms with Crippen LogP contribution in [0.1, 0.15) is 0 Å². The molecule has 2 nitrogen and oxygen atoms in total. The minimum atomic E-state index is -0.539. The number of nitrogens with zero attached hydrogens (tertiary/aromatic N) is 2. The summed E-state index contributed by atoms with van der Waals surface area (Å²) in [6, 6.07) is 4.82. The van der Waals surface area contributed by atoms with Gasteiger partial charge in [-0.05, 0) is 18.2 Å². The summed E-state index contributed by atoms with van der Waals surface area (Å²) in [5.41, 5.74) is 0.562. The third-order valence-electron chi connectivity index (χ3n) is 1.55. The predicted molar refractivity (Wildman–Crippen MR) is 44.5 cm³/mol. The Morgan fingerprint density at radius 2 is 2.08 bits per heavy atom. The molecule has 60 valence electrons. The molecule has 0 N–H and O–H groups in total. The van der Waals surface area contributed by atoms with Gasteiger partial charge in [0.1, 0.15) is 6.33 Å². The fraction of sp³-hybridized carbons (Fsp3) is 0. The molecule has 2 aromatic rings. The highest BCUT2D eigenvalue weighted by molar-refractivity contribution is 6.31. The van der Waals surface area contributed by atoms with Gasteiger partial charge in [-0.15, -0.1) is 0 Å². The first-order valence-electron chi connectivity index (χ1n) is 3.33. The van der Waals surface area contributed by atoms with Gasteiger partial charge in [-0.25, -0.2) is 9.97 Å². The van der Waals surface area contributed by atoms with E-state index in [4.69, 9.17) is 11.6 Å². The van der Waals surface area contributed by atoms with Crippen LogP contribution >= 0.6 is 11.6 Å². The zero-order valence-electron chi connectivity index (χ0n) is 5.96. The van der Waals surface area contributed by atoms with Crippen LogP contribution in [0, 0.1) is 5.95 Å². The van der Waals surface area contributed by atoms with E-state index in [-0.39, 0.29) is 0 Å². The first-order valence-corrected chi connectivity index (χ1v) is 3.71. The molecule has 0 radical (unpaired) electrons. The van der Waals surface area contributed by atoms with Gasteiger partial charge >= 0.3 is 0 Å². The molecule has 0 atom stereocenters. The van der Waals surface area contributed by atoms with Gasteiger partial charge in [0.05, 0.1) is 10.9 Å². The van der Waals surface area contributed by atoms with E-state index >= 15 is 0 Å². The van der Waals surface area contributed by atoms with E-state index in [1.165, 1.54) is 12.4 Å². The van der Waals surface area contributed by atoms with Crippen molar-refractivity contribution < 1.29 is 4.39 Å². The highest BCUT2D eigenvalue weighted by Gasteiger charge is 2.01. The summed E-state index contributed by atoms with van der Waals surface area (Å²) < 4.78 is 13.0. The number of halogens is 2. The van der Waals surface area contributed by atoms with Crippen molar-refractivity contribution in [2.45, 2.75) is 0 Å². The van der Waals surface area contributed by atoms with E-state index < -0.39 is 5.95 Å². The van der Waals surface area contributed by atoms with E-state index in [1.54, 1.807) is 12.1 Å². The second-order valence-corrected chi connectivity index (χ2v) is 2.76. The van der Waals surface area contributed by atoms with Gasteiger partial charge in [0, 0.05) is 5.02 Å².